The summed E-state index contributed by atoms with van der Waals surface area (Å²) in [5.74, 6) is 0.955. The van der Waals surface area contributed by atoms with Crippen molar-refractivity contribution in [1.29, 1.82) is 0 Å². The molecule has 0 aliphatic carbocycles. The van der Waals surface area contributed by atoms with Crippen molar-refractivity contribution < 1.29 is 4.74 Å². The first kappa shape index (κ1) is 14.1. The fraction of sp³-hybridized carbons (Fsp3) is 0.222. The smallest absolute Gasteiger partial charge is 0.122 e. The van der Waals surface area contributed by atoms with E-state index in [4.69, 9.17) is 4.74 Å². The minimum Gasteiger partial charge on any atom is -0.496 e. The predicted octanol–water partition coefficient (Wildman–Crippen LogP) is 4.41. The molecule has 3 rings (SSSR count). The first-order valence-electron chi connectivity index (χ1n) is 7.08. The van der Waals surface area contributed by atoms with E-state index >= 15 is 0 Å². The molecule has 0 amide bonds. The molecule has 21 heavy (non-hydrogen) atoms. The maximum Gasteiger partial charge on any atom is 0.122 e. The minimum absolute atomic E-state index is 0.281. The maximum absolute atomic E-state index is 5.47. The SMILES string of the molecule is CNC(Cc1ccccc1OC)c1cccc2ccsc12. The van der Waals surface area contributed by atoms with Crippen LogP contribution in [0.5, 0.6) is 5.75 Å². The van der Waals surface area contributed by atoms with Gasteiger partial charge in [0.1, 0.15) is 5.75 Å². The Kier molecular flexibility index (Phi) is 4.23. The monoisotopic (exact) mass is 297 g/mol. The van der Waals surface area contributed by atoms with Crippen molar-refractivity contribution in [3.05, 3.63) is 65.0 Å². The van der Waals surface area contributed by atoms with Crippen molar-refractivity contribution in [3.63, 3.8) is 0 Å². The number of fused-ring (bicyclic) bond motifs is 1. The van der Waals surface area contributed by atoms with E-state index in [1.807, 2.05) is 19.2 Å². The van der Waals surface area contributed by atoms with Gasteiger partial charge in [0.25, 0.3) is 0 Å². The molecule has 3 heteroatoms. The van der Waals surface area contributed by atoms with Gasteiger partial charge in [0, 0.05) is 10.7 Å². The number of thiophene rings is 1. The molecule has 3 aromatic rings. The summed E-state index contributed by atoms with van der Waals surface area (Å²) in [6.07, 6.45) is 0.914. The highest BCUT2D eigenvalue weighted by molar-refractivity contribution is 7.17. The lowest BCUT2D eigenvalue weighted by Crippen LogP contribution is -2.19. The summed E-state index contributed by atoms with van der Waals surface area (Å²) in [7, 11) is 3.75. The topological polar surface area (TPSA) is 21.3 Å². The number of benzene rings is 2. The van der Waals surface area contributed by atoms with E-state index < -0.39 is 0 Å². The Balaban J connectivity index is 1.97. The van der Waals surface area contributed by atoms with Gasteiger partial charge in [0.2, 0.25) is 0 Å². The van der Waals surface area contributed by atoms with Crippen molar-refractivity contribution in [3.8, 4) is 5.75 Å². The van der Waals surface area contributed by atoms with Crippen LogP contribution in [0.2, 0.25) is 0 Å². The fourth-order valence-corrected chi connectivity index (χ4v) is 3.72. The molecule has 0 aliphatic rings. The number of rotatable bonds is 5. The van der Waals surface area contributed by atoms with E-state index in [-0.39, 0.29) is 6.04 Å². The van der Waals surface area contributed by atoms with Crippen LogP contribution < -0.4 is 10.1 Å². The van der Waals surface area contributed by atoms with Gasteiger partial charge in [0.15, 0.2) is 0 Å². The Morgan fingerprint density at radius 2 is 1.95 bits per heavy atom. The molecular formula is C18H19NOS. The highest BCUT2D eigenvalue weighted by Crippen LogP contribution is 2.32. The number of methoxy groups -OCH3 is 1. The largest absolute Gasteiger partial charge is 0.496 e. The van der Waals surface area contributed by atoms with Gasteiger partial charge in [-0.15, -0.1) is 11.3 Å². The van der Waals surface area contributed by atoms with Gasteiger partial charge < -0.3 is 10.1 Å². The van der Waals surface area contributed by atoms with Crippen LogP contribution in [0.1, 0.15) is 17.2 Å². The van der Waals surface area contributed by atoms with E-state index in [1.54, 1.807) is 18.4 Å². The molecule has 2 nitrogen and oxygen atoms in total. The molecule has 0 bridgehead atoms. The Hall–Kier alpha value is -1.84. The third-order valence-corrected chi connectivity index (χ3v) is 4.83. The zero-order valence-corrected chi connectivity index (χ0v) is 13.1. The van der Waals surface area contributed by atoms with Crippen LogP contribution in [0.25, 0.3) is 10.1 Å². The third-order valence-electron chi connectivity index (χ3n) is 3.85. The van der Waals surface area contributed by atoms with Gasteiger partial charge in [-0.05, 0) is 47.5 Å². The summed E-state index contributed by atoms with van der Waals surface area (Å²) in [6.45, 7) is 0. The molecule has 1 unspecified atom stereocenters. The molecule has 0 aliphatic heterocycles. The summed E-state index contributed by atoms with van der Waals surface area (Å²) >= 11 is 1.81. The number of hydrogen-bond acceptors (Lipinski definition) is 3. The Morgan fingerprint density at radius 1 is 1.10 bits per heavy atom. The van der Waals surface area contributed by atoms with E-state index in [9.17, 15) is 0 Å². The van der Waals surface area contributed by atoms with Crippen molar-refractivity contribution in [2.75, 3.05) is 14.2 Å². The predicted molar refractivity (Wildman–Crippen MR) is 90.3 cm³/mol. The van der Waals surface area contributed by atoms with Crippen LogP contribution >= 0.6 is 11.3 Å². The second-order valence-electron chi connectivity index (χ2n) is 5.04. The summed E-state index contributed by atoms with van der Waals surface area (Å²) in [5, 5.41) is 6.93. The molecule has 1 heterocycles. The average molecular weight is 297 g/mol. The Bertz CT molecular complexity index is 735. The number of likely N-dealkylation sites (N-methyl/N-ethyl adjacent to an activating group) is 1. The van der Waals surface area contributed by atoms with Gasteiger partial charge in [-0.3, -0.25) is 0 Å². The van der Waals surface area contributed by atoms with E-state index in [2.05, 4.69) is 47.1 Å². The van der Waals surface area contributed by atoms with Crippen LogP contribution in [0.15, 0.2) is 53.9 Å². The highest BCUT2D eigenvalue weighted by atomic mass is 32.1. The maximum atomic E-state index is 5.47. The zero-order valence-electron chi connectivity index (χ0n) is 12.3. The molecule has 0 saturated heterocycles. The van der Waals surface area contributed by atoms with Crippen molar-refractivity contribution in [2.45, 2.75) is 12.5 Å². The van der Waals surface area contributed by atoms with Gasteiger partial charge in [-0.25, -0.2) is 0 Å². The lowest BCUT2D eigenvalue weighted by Gasteiger charge is -2.19. The molecule has 2 aromatic carbocycles. The first-order valence-corrected chi connectivity index (χ1v) is 7.96. The second kappa shape index (κ2) is 6.29. The van der Waals surface area contributed by atoms with Crippen LogP contribution in [0.3, 0.4) is 0 Å². The van der Waals surface area contributed by atoms with Crippen molar-refractivity contribution in [1.82, 2.24) is 5.32 Å². The van der Waals surface area contributed by atoms with E-state index in [0.717, 1.165) is 12.2 Å². The van der Waals surface area contributed by atoms with Crippen LogP contribution in [0, 0.1) is 0 Å². The van der Waals surface area contributed by atoms with Crippen LogP contribution in [-0.2, 0) is 6.42 Å². The quantitative estimate of drug-likeness (QED) is 0.753. The molecule has 0 radical (unpaired) electrons. The zero-order chi connectivity index (χ0) is 14.7. The molecule has 108 valence electrons. The van der Waals surface area contributed by atoms with E-state index in [1.165, 1.54) is 21.2 Å². The fourth-order valence-electron chi connectivity index (χ4n) is 2.75. The second-order valence-corrected chi connectivity index (χ2v) is 5.96. The van der Waals surface area contributed by atoms with Gasteiger partial charge in [-0.1, -0.05) is 36.4 Å². The van der Waals surface area contributed by atoms with Crippen LogP contribution in [0.4, 0.5) is 0 Å². The van der Waals surface area contributed by atoms with Crippen molar-refractivity contribution >= 4 is 21.4 Å². The third kappa shape index (κ3) is 2.80. The molecule has 1 aromatic heterocycles. The van der Waals surface area contributed by atoms with Crippen molar-refractivity contribution in [2.24, 2.45) is 0 Å². The Labute approximate surface area is 129 Å². The summed E-state index contributed by atoms with van der Waals surface area (Å²) in [4.78, 5) is 0. The standard InChI is InChI=1S/C18H19NOS/c1-19-16(12-14-6-3-4-9-17(14)20-2)15-8-5-7-13-10-11-21-18(13)15/h3-11,16,19H,12H2,1-2H3. The molecule has 0 fully saturated rings. The number of hydrogen-bond donors (Lipinski definition) is 1. The molecule has 0 saturated carbocycles. The van der Waals surface area contributed by atoms with Crippen LogP contribution in [-0.4, -0.2) is 14.2 Å². The minimum atomic E-state index is 0.281. The van der Waals surface area contributed by atoms with Gasteiger partial charge >= 0.3 is 0 Å². The lowest BCUT2D eigenvalue weighted by molar-refractivity contribution is 0.406. The number of ether oxygens (including phenoxy) is 1. The molecular weight excluding hydrogens is 278 g/mol. The normalized spacial score (nSPS) is 12.5. The number of para-hydroxylation sites is 1. The lowest BCUT2D eigenvalue weighted by atomic mass is 9.97. The van der Waals surface area contributed by atoms with Gasteiger partial charge in [-0.2, -0.15) is 0 Å². The molecule has 1 atom stereocenters. The summed E-state index contributed by atoms with van der Waals surface area (Å²) in [5.41, 5.74) is 2.59. The molecule has 1 N–H and O–H groups in total. The Morgan fingerprint density at radius 3 is 2.76 bits per heavy atom. The molecule has 0 spiro atoms. The summed E-state index contributed by atoms with van der Waals surface area (Å²) in [6, 6.07) is 17.2. The van der Waals surface area contributed by atoms with E-state index in [0.29, 0.717) is 0 Å². The first-order chi connectivity index (χ1) is 10.3. The number of nitrogens with one attached hydrogen (secondary N) is 1. The highest BCUT2D eigenvalue weighted by Gasteiger charge is 2.15. The summed E-state index contributed by atoms with van der Waals surface area (Å²) < 4.78 is 6.84. The van der Waals surface area contributed by atoms with Gasteiger partial charge in [0.05, 0.1) is 7.11 Å². The average Bonchev–Trinajstić information content (AvgIpc) is 3.01.